The van der Waals surface area contributed by atoms with Gasteiger partial charge in [-0.2, -0.15) is 0 Å². The Labute approximate surface area is 128 Å². The van der Waals surface area contributed by atoms with Crippen molar-refractivity contribution in [3.8, 4) is 0 Å². The van der Waals surface area contributed by atoms with E-state index in [2.05, 4.69) is 5.32 Å². The van der Waals surface area contributed by atoms with Gasteiger partial charge >= 0.3 is 0 Å². The van der Waals surface area contributed by atoms with Gasteiger partial charge in [-0.1, -0.05) is 6.07 Å². The summed E-state index contributed by atoms with van der Waals surface area (Å²) in [4.78, 5) is 14.1. The van der Waals surface area contributed by atoms with Crippen LogP contribution in [0.2, 0.25) is 0 Å². The molecule has 0 heterocycles. The summed E-state index contributed by atoms with van der Waals surface area (Å²) >= 11 is 0. The molecule has 0 bridgehead atoms. The Morgan fingerprint density at radius 2 is 1.68 bits per heavy atom. The first-order valence-electron chi connectivity index (χ1n) is 6.91. The van der Waals surface area contributed by atoms with Crippen LogP contribution in [-0.4, -0.2) is 20.0 Å². The molecular formula is C17H18F2N2O. The van der Waals surface area contributed by atoms with Crippen LogP contribution in [0.5, 0.6) is 0 Å². The SMILES string of the molecule is CC(NC(=O)c1ccc(N(C)C)cc1)c1ccc(F)c(F)c1. The first kappa shape index (κ1) is 15.9. The van der Waals surface area contributed by atoms with Crippen molar-refractivity contribution in [1.82, 2.24) is 5.32 Å². The third-order valence-electron chi connectivity index (χ3n) is 3.44. The number of carbonyl (C=O) groups is 1. The molecule has 3 nitrogen and oxygen atoms in total. The van der Waals surface area contributed by atoms with Crippen LogP contribution < -0.4 is 10.2 Å². The van der Waals surface area contributed by atoms with Gasteiger partial charge in [0.2, 0.25) is 0 Å². The molecule has 1 unspecified atom stereocenters. The number of nitrogens with zero attached hydrogens (tertiary/aromatic N) is 1. The molecule has 0 aliphatic rings. The van der Waals surface area contributed by atoms with Crippen LogP contribution in [-0.2, 0) is 0 Å². The van der Waals surface area contributed by atoms with Crippen LogP contribution in [0.25, 0.3) is 0 Å². The first-order valence-corrected chi connectivity index (χ1v) is 6.91. The van der Waals surface area contributed by atoms with Crippen molar-refractivity contribution >= 4 is 11.6 Å². The fourth-order valence-corrected chi connectivity index (χ4v) is 2.06. The molecule has 2 aromatic carbocycles. The van der Waals surface area contributed by atoms with Gasteiger partial charge in [-0.15, -0.1) is 0 Å². The van der Waals surface area contributed by atoms with Gasteiger partial charge < -0.3 is 10.2 Å². The van der Waals surface area contributed by atoms with Crippen LogP contribution in [0.15, 0.2) is 42.5 Å². The first-order chi connectivity index (χ1) is 10.4. The van der Waals surface area contributed by atoms with Gasteiger partial charge in [0.25, 0.3) is 5.91 Å². The van der Waals surface area contributed by atoms with Crippen LogP contribution in [0.1, 0.15) is 28.9 Å². The monoisotopic (exact) mass is 304 g/mol. The highest BCUT2D eigenvalue weighted by Crippen LogP contribution is 2.17. The Kier molecular flexibility index (Phi) is 4.75. The van der Waals surface area contributed by atoms with E-state index >= 15 is 0 Å². The lowest BCUT2D eigenvalue weighted by molar-refractivity contribution is 0.0940. The van der Waals surface area contributed by atoms with Crippen LogP contribution in [0.3, 0.4) is 0 Å². The van der Waals surface area contributed by atoms with Gasteiger partial charge in [0, 0.05) is 25.3 Å². The zero-order valence-electron chi connectivity index (χ0n) is 12.7. The molecule has 0 aromatic heterocycles. The van der Waals surface area contributed by atoms with E-state index in [-0.39, 0.29) is 5.91 Å². The van der Waals surface area contributed by atoms with Crippen molar-refractivity contribution in [2.75, 3.05) is 19.0 Å². The van der Waals surface area contributed by atoms with Crippen molar-refractivity contribution in [2.45, 2.75) is 13.0 Å². The molecule has 0 saturated heterocycles. The molecule has 0 radical (unpaired) electrons. The number of carbonyl (C=O) groups excluding carboxylic acids is 1. The molecule has 0 spiro atoms. The lowest BCUT2D eigenvalue weighted by Crippen LogP contribution is -2.26. The number of rotatable bonds is 4. The minimum absolute atomic E-state index is 0.262. The summed E-state index contributed by atoms with van der Waals surface area (Å²) in [5.74, 6) is -2.09. The Morgan fingerprint density at radius 3 is 2.23 bits per heavy atom. The molecule has 2 rings (SSSR count). The molecule has 22 heavy (non-hydrogen) atoms. The summed E-state index contributed by atoms with van der Waals surface area (Å²) < 4.78 is 26.2. The summed E-state index contributed by atoms with van der Waals surface area (Å²) in [6.45, 7) is 1.72. The van der Waals surface area contributed by atoms with E-state index < -0.39 is 17.7 Å². The minimum atomic E-state index is -0.922. The quantitative estimate of drug-likeness (QED) is 0.937. The highest BCUT2D eigenvalue weighted by molar-refractivity contribution is 5.94. The summed E-state index contributed by atoms with van der Waals surface area (Å²) in [6.07, 6.45) is 0. The fraction of sp³-hybridized carbons (Fsp3) is 0.235. The van der Waals surface area contributed by atoms with Gasteiger partial charge in [-0.25, -0.2) is 8.78 Å². The summed E-state index contributed by atoms with van der Waals surface area (Å²) in [5, 5.41) is 2.77. The molecule has 0 fully saturated rings. The molecule has 5 heteroatoms. The van der Waals surface area contributed by atoms with Crippen LogP contribution >= 0.6 is 0 Å². The lowest BCUT2D eigenvalue weighted by Gasteiger charge is -2.16. The Morgan fingerprint density at radius 1 is 1.05 bits per heavy atom. The van der Waals surface area contributed by atoms with E-state index in [1.165, 1.54) is 6.07 Å². The maximum Gasteiger partial charge on any atom is 0.251 e. The van der Waals surface area contributed by atoms with Gasteiger partial charge in [0.05, 0.1) is 6.04 Å². The third-order valence-corrected chi connectivity index (χ3v) is 3.44. The van der Waals surface area contributed by atoms with E-state index in [4.69, 9.17) is 0 Å². The molecule has 1 amide bonds. The molecule has 116 valence electrons. The number of anilines is 1. The number of benzene rings is 2. The summed E-state index contributed by atoms with van der Waals surface area (Å²) in [5.41, 5.74) is 2.02. The van der Waals surface area contributed by atoms with Crippen LogP contribution in [0, 0.1) is 11.6 Å². The molecule has 0 aliphatic carbocycles. The highest BCUT2D eigenvalue weighted by Gasteiger charge is 2.13. The average Bonchev–Trinajstić information content (AvgIpc) is 2.50. The molecule has 0 aliphatic heterocycles. The topological polar surface area (TPSA) is 32.3 Å². The number of amides is 1. The minimum Gasteiger partial charge on any atom is -0.378 e. The van der Waals surface area contributed by atoms with Gasteiger partial charge in [-0.05, 0) is 48.9 Å². The number of nitrogens with one attached hydrogen (secondary N) is 1. The second kappa shape index (κ2) is 6.56. The molecule has 1 N–H and O–H groups in total. The Bertz CT molecular complexity index is 669. The van der Waals surface area contributed by atoms with E-state index in [1.54, 1.807) is 19.1 Å². The van der Waals surface area contributed by atoms with Crippen molar-refractivity contribution in [3.63, 3.8) is 0 Å². The molecule has 2 aromatic rings. The van der Waals surface area contributed by atoms with Gasteiger partial charge in [0.15, 0.2) is 11.6 Å². The number of halogens is 2. The Balaban J connectivity index is 2.08. The van der Waals surface area contributed by atoms with E-state index in [0.29, 0.717) is 11.1 Å². The molecular weight excluding hydrogens is 286 g/mol. The van der Waals surface area contributed by atoms with Crippen molar-refractivity contribution < 1.29 is 13.6 Å². The lowest BCUT2D eigenvalue weighted by atomic mass is 10.1. The fourth-order valence-electron chi connectivity index (χ4n) is 2.06. The van der Waals surface area contributed by atoms with Crippen molar-refractivity contribution in [1.29, 1.82) is 0 Å². The van der Waals surface area contributed by atoms with Crippen molar-refractivity contribution in [2.24, 2.45) is 0 Å². The van der Waals surface area contributed by atoms with E-state index in [0.717, 1.165) is 17.8 Å². The number of hydrogen-bond acceptors (Lipinski definition) is 2. The zero-order valence-corrected chi connectivity index (χ0v) is 12.7. The second-order valence-corrected chi connectivity index (χ2v) is 5.31. The summed E-state index contributed by atoms with van der Waals surface area (Å²) in [6, 6.07) is 10.3. The van der Waals surface area contributed by atoms with E-state index in [1.807, 2.05) is 31.1 Å². The van der Waals surface area contributed by atoms with Crippen LogP contribution in [0.4, 0.5) is 14.5 Å². The maximum absolute atomic E-state index is 13.2. The maximum atomic E-state index is 13.2. The predicted octanol–water partition coefficient (Wildman–Crippen LogP) is 3.52. The third kappa shape index (κ3) is 3.61. The Hall–Kier alpha value is -2.43. The van der Waals surface area contributed by atoms with Crippen molar-refractivity contribution in [3.05, 3.63) is 65.2 Å². The largest absolute Gasteiger partial charge is 0.378 e. The van der Waals surface area contributed by atoms with Gasteiger partial charge in [-0.3, -0.25) is 4.79 Å². The zero-order chi connectivity index (χ0) is 16.3. The molecule has 1 atom stereocenters. The predicted molar refractivity (Wildman–Crippen MR) is 83.0 cm³/mol. The normalized spacial score (nSPS) is 11.9. The summed E-state index contributed by atoms with van der Waals surface area (Å²) in [7, 11) is 3.83. The second-order valence-electron chi connectivity index (χ2n) is 5.31. The highest BCUT2D eigenvalue weighted by atomic mass is 19.2. The number of hydrogen-bond donors (Lipinski definition) is 1. The smallest absolute Gasteiger partial charge is 0.251 e. The average molecular weight is 304 g/mol. The van der Waals surface area contributed by atoms with E-state index in [9.17, 15) is 13.6 Å². The van der Waals surface area contributed by atoms with Gasteiger partial charge in [0.1, 0.15) is 0 Å². The standard InChI is InChI=1S/C17H18F2N2O/c1-11(13-6-9-15(18)16(19)10-13)20-17(22)12-4-7-14(8-5-12)21(2)3/h4-11H,1-3H3,(H,20,22). The molecule has 0 saturated carbocycles.